The van der Waals surface area contributed by atoms with Gasteiger partial charge in [-0.1, -0.05) is 12.1 Å². The van der Waals surface area contributed by atoms with Gasteiger partial charge in [-0.2, -0.15) is 0 Å². The molecule has 1 aromatic rings. The molecule has 0 saturated heterocycles. The Morgan fingerprint density at radius 2 is 2.00 bits per heavy atom. The molecule has 0 atom stereocenters. The fourth-order valence-electron chi connectivity index (χ4n) is 1.03. The zero-order chi connectivity index (χ0) is 11.3. The Morgan fingerprint density at radius 3 is 2.60 bits per heavy atom. The van der Waals surface area contributed by atoms with E-state index in [0.29, 0.717) is 5.75 Å². The fraction of sp³-hybridized carbons (Fsp3) is 0.200. The summed E-state index contributed by atoms with van der Waals surface area (Å²) in [6.07, 6.45) is 0. The Balaban J connectivity index is 2.77. The van der Waals surface area contributed by atoms with Gasteiger partial charge < -0.3 is 15.2 Å². The minimum Gasteiger partial charge on any atom is -0.496 e. The molecule has 2 N–H and O–H groups in total. The van der Waals surface area contributed by atoms with Crippen LogP contribution in [0.15, 0.2) is 24.3 Å². The highest BCUT2D eigenvalue weighted by molar-refractivity contribution is 5.93. The van der Waals surface area contributed by atoms with Gasteiger partial charge in [-0.25, -0.2) is 4.79 Å². The van der Waals surface area contributed by atoms with Gasteiger partial charge in [0.15, 0.2) is 6.61 Å². The van der Waals surface area contributed by atoms with E-state index in [2.05, 4.69) is 4.74 Å². The number of carbonyl (C=O) groups excluding carboxylic acids is 2. The van der Waals surface area contributed by atoms with Crippen molar-refractivity contribution >= 4 is 11.9 Å². The minimum absolute atomic E-state index is 0.265. The van der Waals surface area contributed by atoms with Crippen LogP contribution in [0.4, 0.5) is 0 Å². The van der Waals surface area contributed by atoms with E-state index < -0.39 is 18.5 Å². The molecule has 0 aliphatic heterocycles. The Kier molecular flexibility index (Phi) is 3.68. The first-order valence-electron chi connectivity index (χ1n) is 4.23. The fourth-order valence-corrected chi connectivity index (χ4v) is 1.03. The van der Waals surface area contributed by atoms with Crippen LogP contribution in [0.1, 0.15) is 10.4 Å². The van der Waals surface area contributed by atoms with Crippen LogP contribution in [0.2, 0.25) is 0 Å². The zero-order valence-electron chi connectivity index (χ0n) is 8.23. The van der Waals surface area contributed by atoms with Crippen LogP contribution in [0.5, 0.6) is 5.75 Å². The van der Waals surface area contributed by atoms with E-state index in [4.69, 9.17) is 10.5 Å². The molecule has 0 unspecified atom stereocenters. The predicted molar refractivity (Wildman–Crippen MR) is 52.5 cm³/mol. The smallest absolute Gasteiger partial charge is 0.342 e. The first kappa shape index (κ1) is 11.0. The quantitative estimate of drug-likeness (QED) is 0.725. The van der Waals surface area contributed by atoms with Crippen LogP contribution in [0.25, 0.3) is 0 Å². The SMILES string of the molecule is COc1ccccc1C(=O)OCC(N)=O. The van der Waals surface area contributed by atoms with E-state index in [9.17, 15) is 9.59 Å². The van der Waals surface area contributed by atoms with Crippen LogP contribution in [-0.4, -0.2) is 25.6 Å². The molecule has 0 bridgehead atoms. The third kappa shape index (κ3) is 2.98. The maximum Gasteiger partial charge on any atom is 0.342 e. The highest BCUT2D eigenvalue weighted by atomic mass is 16.5. The molecule has 0 spiro atoms. The van der Waals surface area contributed by atoms with Crippen molar-refractivity contribution in [1.29, 1.82) is 0 Å². The van der Waals surface area contributed by atoms with Crippen molar-refractivity contribution in [2.24, 2.45) is 5.73 Å². The molecule has 15 heavy (non-hydrogen) atoms. The highest BCUT2D eigenvalue weighted by Gasteiger charge is 2.13. The number of ether oxygens (including phenoxy) is 2. The first-order valence-corrected chi connectivity index (χ1v) is 4.23. The van der Waals surface area contributed by atoms with Gasteiger partial charge >= 0.3 is 5.97 Å². The normalized spacial score (nSPS) is 9.40. The number of hydrogen-bond acceptors (Lipinski definition) is 4. The lowest BCUT2D eigenvalue weighted by Crippen LogP contribution is -2.21. The van der Waals surface area contributed by atoms with Gasteiger partial charge in [-0.05, 0) is 12.1 Å². The average Bonchev–Trinajstić information content (AvgIpc) is 2.25. The summed E-state index contributed by atoms with van der Waals surface area (Å²) in [7, 11) is 1.44. The topological polar surface area (TPSA) is 78.6 Å². The monoisotopic (exact) mass is 209 g/mol. The molecular weight excluding hydrogens is 198 g/mol. The van der Waals surface area contributed by atoms with Crippen molar-refractivity contribution in [3.63, 3.8) is 0 Å². The summed E-state index contributed by atoms with van der Waals surface area (Å²) < 4.78 is 9.59. The summed E-state index contributed by atoms with van der Waals surface area (Å²) in [5.41, 5.74) is 5.11. The van der Waals surface area contributed by atoms with Gasteiger partial charge in [0.25, 0.3) is 5.91 Å². The number of methoxy groups -OCH3 is 1. The Labute approximate surface area is 86.8 Å². The second-order valence-electron chi connectivity index (χ2n) is 2.74. The van der Waals surface area contributed by atoms with E-state index in [0.717, 1.165) is 0 Å². The minimum atomic E-state index is -0.696. The summed E-state index contributed by atoms with van der Waals surface area (Å²) in [5.74, 6) is -0.934. The molecular formula is C10H11NO4. The average molecular weight is 209 g/mol. The van der Waals surface area contributed by atoms with Crippen LogP contribution in [0.3, 0.4) is 0 Å². The molecule has 0 saturated carbocycles. The third-order valence-electron chi connectivity index (χ3n) is 1.67. The lowest BCUT2D eigenvalue weighted by molar-refractivity contribution is -0.121. The maximum absolute atomic E-state index is 11.4. The number of carbonyl (C=O) groups is 2. The first-order chi connectivity index (χ1) is 7.15. The molecule has 5 heteroatoms. The van der Waals surface area contributed by atoms with E-state index in [1.54, 1.807) is 24.3 Å². The second kappa shape index (κ2) is 4.99. The molecule has 0 aliphatic carbocycles. The number of primary amides is 1. The highest BCUT2D eigenvalue weighted by Crippen LogP contribution is 2.17. The van der Waals surface area contributed by atoms with Crippen LogP contribution in [-0.2, 0) is 9.53 Å². The van der Waals surface area contributed by atoms with Gasteiger partial charge in [0.1, 0.15) is 11.3 Å². The summed E-state index contributed by atoms with van der Waals surface area (Å²) >= 11 is 0. The largest absolute Gasteiger partial charge is 0.496 e. The summed E-state index contributed by atoms with van der Waals surface area (Å²) in [6.45, 7) is -0.434. The molecule has 80 valence electrons. The van der Waals surface area contributed by atoms with Crippen LogP contribution >= 0.6 is 0 Å². The predicted octanol–water partition coefficient (Wildman–Crippen LogP) is 0.337. The summed E-state index contributed by atoms with van der Waals surface area (Å²) in [5, 5.41) is 0. The van der Waals surface area contributed by atoms with Crippen molar-refractivity contribution in [3.05, 3.63) is 29.8 Å². The van der Waals surface area contributed by atoms with E-state index >= 15 is 0 Å². The second-order valence-corrected chi connectivity index (χ2v) is 2.74. The molecule has 5 nitrogen and oxygen atoms in total. The lowest BCUT2D eigenvalue weighted by Gasteiger charge is -2.06. The van der Waals surface area contributed by atoms with Gasteiger partial charge in [0.2, 0.25) is 0 Å². The molecule has 1 aromatic carbocycles. The van der Waals surface area contributed by atoms with Gasteiger partial charge in [-0.15, -0.1) is 0 Å². The van der Waals surface area contributed by atoms with Crippen molar-refractivity contribution in [1.82, 2.24) is 0 Å². The van der Waals surface area contributed by atoms with Crippen molar-refractivity contribution in [3.8, 4) is 5.75 Å². The summed E-state index contributed by atoms with van der Waals surface area (Å²) in [4.78, 5) is 21.8. The number of esters is 1. The van der Waals surface area contributed by atoms with E-state index in [1.807, 2.05) is 0 Å². The number of rotatable bonds is 4. The van der Waals surface area contributed by atoms with Crippen molar-refractivity contribution in [2.75, 3.05) is 13.7 Å². The molecule has 0 aromatic heterocycles. The molecule has 1 rings (SSSR count). The van der Waals surface area contributed by atoms with Gasteiger partial charge in [-0.3, -0.25) is 4.79 Å². The van der Waals surface area contributed by atoms with Crippen molar-refractivity contribution < 1.29 is 19.1 Å². The number of amides is 1. The lowest BCUT2D eigenvalue weighted by atomic mass is 10.2. The Hall–Kier alpha value is -2.04. The van der Waals surface area contributed by atoms with Crippen molar-refractivity contribution in [2.45, 2.75) is 0 Å². The van der Waals surface area contributed by atoms with E-state index in [-0.39, 0.29) is 5.56 Å². The van der Waals surface area contributed by atoms with Crippen LogP contribution < -0.4 is 10.5 Å². The Bertz CT molecular complexity index is 375. The number of para-hydroxylation sites is 1. The third-order valence-corrected chi connectivity index (χ3v) is 1.67. The number of nitrogens with two attached hydrogens (primary N) is 1. The number of benzene rings is 1. The molecule has 0 aliphatic rings. The number of hydrogen-bond donors (Lipinski definition) is 1. The molecule has 0 radical (unpaired) electrons. The standard InChI is InChI=1S/C10H11NO4/c1-14-8-5-3-2-4-7(8)10(13)15-6-9(11)12/h2-5H,6H2,1H3,(H2,11,12). The van der Waals surface area contributed by atoms with Gasteiger partial charge in [0.05, 0.1) is 7.11 Å². The Morgan fingerprint density at radius 1 is 1.33 bits per heavy atom. The van der Waals surface area contributed by atoms with Gasteiger partial charge in [0, 0.05) is 0 Å². The van der Waals surface area contributed by atoms with Crippen LogP contribution in [0, 0.1) is 0 Å². The molecule has 1 amide bonds. The summed E-state index contributed by atoms with van der Waals surface area (Å²) in [6, 6.07) is 6.57. The zero-order valence-corrected chi connectivity index (χ0v) is 8.23. The molecule has 0 fully saturated rings. The maximum atomic E-state index is 11.4. The molecule has 0 heterocycles. The van der Waals surface area contributed by atoms with E-state index in [1.165, 1.54) is 7.11 Å².